The lowest BCUT2D eigenvalue weighted by molar-refractivity contribution is -0.121. The van der Waals surface area contributed by atoms with Crippen LogP contribution in [-0.4, -0.2) is 26.6 Å². The molecule has 1 saturated heterocycles. The van der Waals surface area contributed by atoms with Gasteiger partial charge in [-0.05, 0) is 24.5 Å². The molecule has 3 rings (SSSR count). The minimum Gasteiger partial charge on any atom is -0.324 e. The molecule has 3 heterocycles. The number of fused-ring (bicyclic) bond motifs is 2. The van der Waals surface area contributed by atoms with Gasteiger partial charge in [0.1, 0.15) is 0 Å². The van der Waals surface area contributed by atoms with Crippen LogP contribution in [0.3, 0.4) is 0 Å². The van der Waals surface area contributed by atoms with Gasteiger partial charge in [-0.25, -0.2) is 0 Å². The monoisotopic (exact) mass is 236 g/mol. The largest absolute Gasteiger partial charge is 0.324 e. The summed E-state index contributed by atoms with van der Waals surface area (Å²) < 4.78 is 11.4. The van der Waals surface area contributed by atoms with Gasteiger partial charge in [-0.3, -0.25) is 14.0 Å². The second kappa shape index (κ2) is 3.38. The van der Waals surface area contributed by atoms with Crippen LogP contribution in [0.15, 0.2) is 18.5 Å². The van der Waals surface area contributed by atoms with Gasteiger partial charge in [0.25, 0.3) is 0 Å². The van der Waals surface area contributed by atoms with Crippen LogP contribution < -0.4 is 5.32 Å². The Bertz CT molecular complexity index is 477. The molecule has 2 aliphatic rings. The molecule has 4 nitrogen and oxygen atoms in total. The van der Waals surface area contributed by atoms with Crippen LogP contribution in [0.4, 0.5) is 5.69 Å². The summed E-state index contributed by atoms with van der Waals surface area (Å²) in [5, 5.41) is 2.87. The Morgan fingerprint density at radius 2 is 2.12 bits per heavy atom. The maximum atomic E-state index is 12.1. The molecule has 0 aliphatic carbocycles. The summed E-state index contributed by atoms with van der Waals surface area (Å²) in [6, 6.07) is 1.90. The Labute approximate surface area is 95.9 Å². The van der Waals surface area contributed by atoms with Crippen LogP contribution in [0.2, 0.25) is 0 Å². The lowest BCUT2D eigenvalue weighted by Gasteiger charge is -2.30. The highest BCUT2D eigenvalue weighted by Crippen LogP contribution is 2.44. The van der Waals surface area contributed by atoms with Crippen molar-refractivity contribution in [3.8, 4) is 0 Å². The lowest BCUT2D eigenvalue weighted by Crippen LogP contribution is -2.40. The fraction of sp³-hybridized carbons (Fsp3) is 0.455. The number of anilines is 1. The Hall–Kier alpha value is -1.23. The summed E-state index contributed by atoms with van der Waals surface area (Å²) in [4.78, 5) is 16.1. The average molecular weight is 236 g/mol. The molecule has 1 amide bonds. The first-order valence-electron chi connectivity index (χ1n) is 5.33. The number of nitrogens with one attached hydrogen (secondary N) is 1. The summed E-state index contributed by atoms with van der Waals surface area (Å²) in [6.45, 7) is 0. The van der Waals surface area contributed by atoms with Crippen molar-refractivity contribution in [2.24, 2.45) is 0 Å². The van der Waals surface area contributed by atoms with E-state index in [2.05, 4.69) is 10.3 Å². The van der Waals surface area contributed by atoms with Crippen molar-refractivity contribution in [2.75, 3.05) is 16.8 Å². The Balaban J connectivity index is 2.07. The predicted molar refractivity (Wildman–Crippen MR) is 61.7 cm³/mol. The zero-order chi connectivity index (χ0) is 11.2. The third-order valence-corrected chi connectivity index (χ3v) is 4.85. The van der Waals surface area contributed by atoms with Gasteiger partial charge in [0.2, 0.25) is 5.91 Å². The molecule has 0 unspecified atom stereocenters. The third kappa shape index (κ3) is 1.24. The molecule has 0 aromatic carbocycles. The first-order chi connectivity index (χ1) is 7.72. The van der Waals surface area contributed by atoms with Gasteiger partial charge >= 0.3 is 0 Å². The number of pyridine rings is 1. The number of nitrogens with zero attached hydrogens (tertiary/aromatic N) is 1. The van der Waals surface area contributed by atoms with Crippen molar-refractivity contribution in [1.82, 2.24) is 4.98 Å². The second-order valence-electron chi connectivity index (χ2n) is 4.31. The van der Waals surface area contributed by atoms with Gasteiger partial charge in [-0.1, -0.05) is 0 Å². The van der Waals surface area contributed by atoms with Crippen LogP contribution >= 0.6 is 0 Å². The van der Waals surface area contributed by atoms with Crippen molar-refractivity contribution < 1.29 is 9.00 Å². The maximum Gasteiger partial charge on any atom is 0.235 e. The fourth-order valence-corrected chi connectivity index (χ4v) is 3.93. The minimum absolute atomic E-state index is 0.0483. The molecule has 1 N–H and O–H groups in total. The molecular formula is C11H12N2O2S. The highest BCUT2D eigenvalue weighted by Gasteiger charge is 2.48. The molecule has 1 aromatic heterocycles. The Morgan fingerprint density at radius 3 is 2.88 bits per heavy atom. The first kappa shape index (κ1) is 9.96. The van der Waals surface area contributed by atoms with Crippen molar-refractivity contribution in [3.63, 3.8) is 0 Å². The summed E-state index contributed by atoms with van der Waals surface area (Å²) in [6.07, 6.45) is 4.77. The maximum absolute atomic E-state index is 12.1. The molecule has 1 aromatic rings. The van der Waals surface area contributed by atoms with E-state index in [0.717, 1.165) is 11.3 Å². The quantitative estimate of drug-likeness (QED) is 0.725. The molecule has 1 spiro atoms. The SMILES string of the molecule is O=C1Nc2cnccc2C12CCS(=O)CC2. The second-order valence-corrected chi connectivity index (χ2v) is 6.00. The summed E-state index contributed by atoms with van der Waals surface area (Å²) in [5.41, 5.74) is 1.41. The van der Waals surface area contributed by atoms with Crippen molar-refractivity contribution in [3.05, 3.63) is 24.0 Å². The van der Waals surface area contributed by atoms with E-state index in [1.807, 2.05) is 6.07 Å². The summed E-state index contributed by atoms with van der Waals surface area (Å²) >= 11 is 0. The Kier molecular flexibility index (Phi) is 2.10. The normalized spacial score (nSPS) is 32.5. The smallest absolute Gasteiger partial charge is 0.235 e. The van der Waals surface area contributed by atoms with Crippen LogP contribution in [0.25, 0.3) is 0 Å². The van der Waals surface area contributed by atoms with E-state index in [-0.39, 0.29) is 5.91 Å². The predicted octanol–water partition coefficient (Wildman–Crippen LogP) is 0.814. The van der Waals surface area contributed by atoms with Gasteiger partial charge in [0.05, 0.1) is 17.3 Å². The average Bonchev–Trinajstić information content (AvgIpc) is 2.57. The number of rotatable bonds is 0. The third-order valence-electron chi connectivity index (χ3n) is 3.53. The van der Waals surface area contributed by atoms with Gasteiger partial charge in [0.15, 0.2) is 0 Å². The van der Waals surface area contributed by atoms with Crippen molar-refractivity contribution in [1.29, 1.82) is 0 Å². The van der Waals surface area contributed by atoms with Gasteiger partial charge in [-0.2, -0.15) is 0 Å². The molecule has 84 valence electrons. The number of aromatic nitrogens is 1. The molecule has 0 atom stereocenters. The molecule has 0 saturated carbocycles. The molecule has 0 bridgehead atoms. The standard InChI is InChI=1S/C11H12N2O2S/c14-10-11(2-5-16(15)6-3-11)8-1-4-12-7-9(8)13-10/h1,4,7H,2-3,5-6H2,(H,13,14). The van der Waals surface area contributed by atoms with Gasteiger partial charge in [0, 0.05) is 28.5 Å². The van der Waals surface area contributed by atoms with Crippen LogP contribution in [0.1, 0.15) is 18.4 Å². The fourth-order valence-electron chi connectivity index (χ4n) is 2.58. The highest BCUT2D eigenvalue weighted by atomic mass is 32.2. The number of hydrogen-bond donors (Lipinski definition) is 1. The van der Waals surface area contributed by atoms with E-state index in [0.29, 0.717) is 24.3 Å². The van der Waals surface area contributed by atoms with Crippen LogP contribution in [0.5, 0.6) is 0 Å². The molecular weight excluding hydrogens is 224 g/mol. The van der Waals surface area contributed by atoms with E-state index in [1.165, 1.54) is 0 Å². The molecule has 16 heavy (non-hydrogen) atoms. The van der Waals surface area contributed by atoms with E-state index >= 15 is 0 Å². The zero-order valence-electron chi connectivity index (χ0n) is 8.73. The van der Waals surface area contributed by atoms with Gasteiger partial charge < -0.3 is 5.32 Å². The molecule has 0 radical (unpaired) electrons. The number of carbonyl (C=O) groups is 1. The zero-order valence-corrected chi connectivity index (χ0v) is 9.55. The number of hydrogen-bond acceptors (Lipinski definition) is 3. The van der Waals surface area contributed by atoms with E-state index in [4.69, 9.17) is 0 Å². The first-order valence-corrected chi connectivity index (χ1v) is 6.82. The number of amides is 1. The van der Waals surface area contributed by atoms with E-state index in [1.54, 1.807) is 12.4 Å². The van der Waals surface area contributed by atoms with Crippen LogP contribution in [0, 0.1) is 0 Å². The lowest BCUT2D eigenvalue weighted by atomic mass is 9.77. The van der Waals surface area contributed by atoms with Crippen molar-refractivity contribution in [2.45, 2.75) is 18.3 Å². The summed E-state index contributed by atoms with van der Waals surface area (Å²) in [5.74, 6) is 1.29. The topological polar surface area (TPSA) is 59.1 Å². The molecule has 1 fully saturated rings. The van der Waals surface area contributed by atoms with E-state index < -0.39 is 16.2 Å². The molecule has 2 aliphatic heterocycles. The van der Waals surface area contributed by atoms with Crippen LogP contribution in [-0.2, 0) is 21.0 Å². The Morgan fingerprint density at radius 1 is 1.38 bits per heavy atom. The minimum atomic E-state index is -0.750. The van der Waals surface area contributed by atoms with E-state index in [9.17, 15) is 9.00 Å². The summed E-state index contributed by atoms with van der Waals surface area (Å²) in [7, 11) is -0.750. The molecule has 5 heteroatoms. The van der Waals surface area contributed by atoms with Crippen molar-refractivity contribution >= 4 is 22.4 Å². The number of carbonyl (C=O) groups excluding carboxylic acids is 1. The highest BCUT2D eigenvalue weighted by molar-refractivity contribution is 7.85. The van der Waals surface area contributed by atoms with Gasteiger partial charge in [-0.15, -0.1) is 0 Å².